The zero-order valence-electron chi connectivity index (χ0n) is 12.6. The van der Waals surface area contributed by atoms with Crippen LogP contribution in [0.1, 0.15) is 42.1 Å². The van der Waals surface area contributed by atoms with Gasteiger partial charge in [0.2, 0.25) is 0 Å². The third-order valence-corrected chi connectivity index (χ3v) is 3.39. The Balaban J connectivity index is 2.03. The fourth-order valence-corrected chi connectivity index (χ4v) is 2.03. The molecule has 2 N–H and O–H groups in total. The molecule has 6 nitrogen and oxygen atoms in total. The van der Waals surface area contributed by atoms with Crippen LogP contribution in [0, 0.1) is 0 Å². The van der Waals surface area contributed by atoms with E-state index in [0.717, 1.165) is 13.0 Å². The van der Waals surface area contributed by atoms with E-state index >= 15 is 0 Å². The molecule has 2 rings (SSSR count). The molecule has 1 amide bonds. The Labute approximate surface area is 128 Å². The molecule has 116 valence electrons. The van der Waals surface area contributed by atoms with Gasteiger partial charge in [-0.25, -0.2) is 0 Å². The summed E-state index contributed by atoms with van der Waals surface area (Å²) >= 11 is 0. The lowest BCUT2D eigenvalue weighted by molar-refractivity contribution is -0.138. The molecule has 2 aromatic rings. The first-order valence-electron chi connectivity index (χ1n) is 7.18. The maximum Gasteiger partial charge on any atom is 0.310 e. The number of carboxylic acid groups (broad SMARTS) is 1. The van der Waals surface area contributed by atoms with Crippen LogP contribution in [-0.4, -0.2) is 26.8 Å². The smallest absolute Gasteiger partial charge is 0.310 e. The zero-order valence-corrected chi connectivity index (χ0v) is 12.6. The predicted octanol–water partition coefficient (Wildman–Crippen LogP) is 2.73. The Morgan fingerprint density at radius 3 is 2.59 bits per heavy atom. The highest BCUT2D eigenvalue weighted by Gasteiger charge is 2.14. The van der Waals surface area contributed by atoms with Gasteiger partial charge in [0, 0.05) is 18.4 Å². The molecule has 1 heterocycles. The number of nitrogens with zero attached hydrogens (tertiary/aromatic N) is 2. The van der Waals surface area contributed by atoms with Gasteiger partial charge in [-0.1, -0.05) is 19.1 Å². The minimum absolute atomic E-state index is 0.235. The highest BCUT2D eigenvalue weighted by atomic mass is 16.4. The van der Waals surface area contributed by atoms with Crippen molar-refractivity contribution in [1.29, 1.82) is 0 Å². The molecule has 1 unspecified atom stereocenters. The van der Waals surface area contributed by atoms with Crippen LogP contribution in [-0.2, 0) is 11.3 Å². The van der Waals surface area contributed by atoms with Gasteiger partial charge in [-0.15, -0.1) is 0 Å². The molecule has 0 aliphatic rings. The molecule has 0 fully saturated rings. The largest absolute Gasteiger partial charge is 0.481 e. The molecule has 22 heavy (non-hydrogen) atoms. The molecule has 0 saturated carbocycles. The number of aryl methyl sites for hydroxylation is 1. The molecular weight excluding hydrogens is 282 g/mol. The van der Waals surface area contributed by atoms with Gasteiger partial charge < -0.3 is 10.4 Å². The molecule has 0 aliphatic heterocycles. The second kappa shape index (κ2) is 6.89. The van der Waals surface area contributed by atoms with E-state index in [0.29, 0.717) is 16.8 Å². The average molecular weight is 301 g/mol. The van der Waals surface area contributed by atoms with Crippen LogP contribution in [0.2, 0.25) is 0 Å². The summed E-state index contributed by atoms with van der Waals surface area (Å²) in [6.45, 7) is 4.44. The number of anilines is 1. The van der Waals surface area contributed by atoms with Gasteiger partial charge in [0.15, 0.2) is 0 Å². The van der Waals surface area contributed by atoms with Crippen molar-refractivity contribution in [1.82, 2.24) is 9.78 Å². The number of nitrogens with one attached hydrogen (secondary N) is 1. The molecule has 6 heteroatoms. The first-order chi connectivity index (χ1) is 10.5. The zero-order chi connectivity index (χ0) is 16.1. The third kappa shape index (κ3) is 3.72. The van der Waals surface area contributed by atoms with Crippen molar-refractivity contribution in [2.75, 3.05) is 5.32 Å². The summed E-state index contributed by atoms with van der Waals surface area (Å²) in [7, 11) is 0. The number of carboxylic acids is 1. The maximum absolute atomic E-state index is 12.1. The average Bonchev–Trinajstić information content (AvgIpc) is 2.96. The third-order valence-electron chi connectivity index (χ3n) is 3.39. The summed E-state index contributed by atoms with van der Waals surface area (Å²) in [6.07, 6.45) is 4.19. The van der Waals surface area contributed by atoms with Crippen molar-refractivity contribution >= 4 is 17.6 Å². The summed E-state index contributed by atoms with van der Waals surface area (Å²) in [5.41, 5.74) is 1.81. The predicted molar refractivity (Wildman–Crippen MR) is 83.0 cm³/mol. The van der Waals surface area contributed by atoms with Gasteiger partial charge in [0.1, 0.15) is 0 Å². The second-order valence-electron chi connectivity index (χ2n) is 5.13. The number of hydrogen-bond donors (Lipinski definition) is 2. The molecular formula is C16H19N3O3. The number of rotatable bonds is 6. The Morgan fingerprint density at radius 1 is 1.32 bits per heavy atom. The number of aliphatic carboxylic acids is 1. The van der Waals surface area contributed by atoms with E-state index in [1.54, 1.807) is 42.1 Å². The number of amides is 1. The van der Waals surface area contributed by atoms with Crippen molar-refractivity contribution in [2.45, 2.75) is 32.7 Å². The van der Waals surface area contributed by atoms with E-state index in [4.69, 9.17) is 5.11 Å². The summed E-state index contributed by atoms with van der Waals surface area (Å²) < 4.78 is 1.73. The molecule has 1 aromatic heterocycles. The van der Waals surface area contributed by atoms with Crippen molar-refractivity contribution in [3.8, 4) is 0 Å². The van der Waals surface area contributed by atoms with Crippen LogP contribution in [0.15, 0.2) is 36.7 Å². The molecule has 1 atom stereocenters. The summed E-state index contributed by atoms with van der Waals surface area (Å²) in [5, 5.41) is 15.9. The number of aromatic nitrogens is 2. The maximum atomic E-state index is 12.1. The van der Waals surface area contributed by atoms with Crippen LogP contribution >= 0.6 is 0 Å². The lowest BCUT2D eigenvalue weighted by Crippen LogP contribution is -2.12. The Morgan fingerprint density at radius 2 is 2.00 bits per heavy atom. The SMILES string of the molecule is CCCn1cc(C(=O)Nc2ccc(C(C)C(=O)O)cc2)cn1. The van der Waals surface area contributed by atoms with Crippen molar-refractivity contribution in [2.24, 2.45) is 0 Å². The topological polar surface area (TPSA) is 84.2 Å². The lowest BCUT2D eigenvalue weighted by atomic mass is 10.0. The van der Waals surface area contributed by atoms with Crippen molar-refractivity contribution < 1.29 is 14.7 Å². The van der Waals surface area contributed by atoms with Gasteiger partial charge in [0.05, 0.1) is 17.7 Å². The lowest BCUT2D eigenvalue weighted by Gasteiger charge is -2.08. The first kappa shape index (κ1) is 15.8. The van der Waals surface area contributed by atoms with Crippen LogP contribution in [0.5, 0.6) is 0 Å². The second-order valence-corrected chi connectivity index (χ2v) is 5.13. The Kier molecular flexibility index (Phi) is 4.93. The quantitative estimate of drug-likeness (QED) is 0.859. The van der Waals surface area contributed by atoms with Crippen LogP contribution in [0.4, 0.5) is 5.69 Å². The van der Waals surface area contributed by atoms with Crippen LogP contribution in [0.3, 0.4) is 0 Å². The van der Waals surface area contributed by atoms with Gasteiger partial charge in [-0.2, -0.15) is 5.10 Å². The molecule has 1 aromatic carbocycles. The van der Waals surface area contributed by atoms with Gasteiger partial charge in [-0.3, -0.25) is 14.3 Å². The monoisotopic (exact) mass is 301 g/mol. The molecule has 0 bridgehead atoms. The number of carbonyl (C=O) groups is 2. The van der Waals surface area contributed by atoms with Crippen molar-refractivity contribution in [3.05, 3.63) is 47.8 Å². The van der Waals surface area contributed by atoms with E-state index in [1.807, 2.05) is 6.92 Å². The van der Waals surface area contributed by atoms with Gasteiger partial charge in [0.25, 0.3) is 5.91 Å². The molecule has 0 spiro atoms. The number of carbonyl (C=O) groups excluding carboxylic acids is 1. The summed E-state index contributed by atoms with van der Waals surface area (Å²) in [5.74, 6) is -1.68. The summed E-state index contributed by atoms with van der Waals surface area (Å²) in [4.78, 5) is 23.0. The van der Waals surface area contributed by atoms with Crippen molar-refractivity contribution in [3.63, 3.8) is 0 Å². The normalized spacial score (nSPS) is 11.9. The Hall–Kier alpha value is -2.63. The van der Waals surface area contributed by atoms with E-state index in [-0.39, 0.29) is 5.91 Å². The van der Waals surface area contributed by atoms with Gasteiger partial charge in [-0.05, 0) is 31.0 Å². The van der Waals surface area contributed by atoms with E-state index in [9.17, 15) is 9.59 Å². The van der Waals surface area contributed by atoms with E-state index in [1.165, 1.54) is 6.20 Å². The van der Waals surface area contributed by atoms with Crippen LogP contribution < -0.4 is 5.32 Å². The fraction of sp³-hybridized carbons (Fsp3) is 0.312. The molecule has 0 saturated heterocycles. The summed E-state index contributed by atoms with van der Waals surface area (Å²) in [6, 6.07) is 6.80. The number of hydrogen-bond acceptors (Lipinski definition) is 3. The van der Waals surface area contributed by atoms with Crippen LogP contribution in [0.25, 0.3) is 0 Å². The minimum Gasteiger partial charge on any atom is -0.481 e. The molecule has 0 radical (unpaired) electrons. The Bertz CT molecular complexity index is 662. The van der Waals surface area contributed by atoms with Gasteiger partial charge >= 0.3 is 5.97 Å². The molecule has 0 aliphatic carbocycles. The minimum atomic E-state index is -0.875. The fourth-order valence-electron chi connectivity index (χ4n) is 2.03. The highest BCUT2D eigenvalue weighted by molar-refractivity contribution is 6.03. The highest BCUT2D eigenvalue weighted by Crippen LogP contribution is 2.18. The van der Waals surface area contributed by atoms with E-state index < -0.39 is 11.9 Å². The van der Waals surface area contributed by atoms with E-state index in [2.05, 4.69) is 10.4 Å². The number of benzene rings is 1. The first-order valence-corrected chi connectivity index (χ1v) is 7.18. The standard InChI is InChI=1S/C16H19N3O3/c1-3-8-19-10-13(9-17-19)15(20)18-14-6-4-12(5-7-14)11(2)16(21)22/h4-7,9-11H,3,8H2,1-2H3,(H,18,20)(H,21,22).